The summed E-state index contributed by atoms with van der Waals surface area (Å²) in [7, 11) is 3.41. The number of aliphatic imine (C=N–C) groups is 1. The van der Waals surface area contributed by atoms with E-state index in [9.17, 15) is 0 Å². The fraction of sp³-hybridized carbons (Fsp3) is 0.458. The summed E-state index contributed by atoms with van der Waals surface area (Å²) in [6, 6.07) is 12.0. The van der Waals surface area contributed by atoms with E-state index in [2.05, 4.69) is 21.7 Å². The van der Waals surface area contributed by atoms with Crippen LogP contribution >= 0.6 is 0 Å². The van der Waals surface area contributed by atoms with Gasteiger partial charge in [0.15, 0.2) is 29.0 Å². The third-order valence-corrected chi connectivity index (χ3v) is 4.53. The Morgan fingerprint density at radius 3 is 2.00 bits per heavy atom. The summed E-state index contributed by atoms with van der Waals surface area (Å²) >= 11 is 0. The monoisotopic (exact) mass is 429 g/mol. The summed E-state index contributed by atoms with van der Waals surface area (Å²) in [5.41, 5.74) is 2.26. The molecule has 0 aliphatic carbocycles. The predicted molar refractivity (Wildman–Crippen MR) is 125 cm³/mol. The quantitative estimate of drug-likeness (QED) is 0.395. The smallest absolute Gasteiger partial charge is 0.191 e. The molecule has 0 spiro atoms. The second-order valence-corrected chi connectivity index (χ2v) is 6.67. The highest BCUT2D eigenvalue weighted by molar-refractivity contribution is 5.79. The fourth-order valence-electron chi connectivity index (χ4n) is 3.08. The molecule has 2 N–H and O–H groups in total. The molecule has 7 nitrogen and oxygen atoms in total. The van der Waals surface area contributed by atoms with Gasteiger partial charge in [0.05, 0.1) is 26.9 Å². The lowest BCUT2D eigenvalue weighted by Crippen LogP contribution is -2.37. The average Bonchev–Trinajstić information content (AvgIpc) is 2.78. The largest absolute Gasteiger partial charge is 0.493 e. The van der Waals surface area contributed by atoms with Crippen LogP contribution in [-0.2, 0) is 13.0 Å². The molecule has 0 fully saturated rings. The third-order valence-electron chi connectivity index (χ3n) is 4.53. The number of rotatable bonds is 12. The molecule has 2 rings (SSSR count). The van der Waals surface area contributed by atoms with Crippen LogP contribution in [0.1, 0.15) is 31.9 Å². The third kappa shape index (κ3) is 7.59. The number of guanidine groups is 1. The van der Waals surface area contributed by atoms with E-state index in [-0.39, 0.29) is 0 Å². The summed E-state index contributed by atoms with van der Waals surface area (Å²) in [6.45, 7) is 9.08. The van der Waals surface area contributed by atoms with Crippen molar-refractivity contribution in [1.29, 1.82) is 0 Å². The van der Waals surface area contributed by atoms with Gasteiger partial charge in [0.1, 0.15) is 0 Å². The van der Waals surface area contributed by atoms with Crippen molar-refractivity contribution < 1.29 is 18.9 Å². The zero-order valence-electron chi connectivity index (χ0n) is 19.3. The highest BCUT2D eigenvalue weighted by Crippen LogP contribution is 2.29. The van der Waals surface area contributed by atoms with Crippen LogP contribution in [0.3, 0.4) is 0 Å². The van der Waals surface area contributed by atoms with Crippen LogP contribution in [0.15, 0.2) is 41.4 Å². The van der Waals surface area contributed by atoms with Gasteiger partial charge in [0.2, 0.25) is 0 Å². The van der Waals surface area contributed by atoms with Gasteiger partial charge in [-0.2, -0.15) is 0 Å². The maximum atomic E-state index is 5.71. The molecule has 0 heterocycles. The Kier molecular flexibility index (Phi) is 10.3. The van der Waals surface area contributed by atoms with Crippen molar-refractivity contribution in [2.45, 2.75) is 33.7 Å². The normalized spacial score (nSPS) is 11.1. The first-order valence-electron chi connectivity index (χ1n) is 10.8. The van der Waals surface area contributed by atoms with Gasteiger partial charge in [-0.25, -0.2) is 0 Å². The summed E-state index contributed by atoms with van der Waals surface area (Å²) in [4.78, 5) is 4.31. The van der Waals surface area contributed by atoms with E-state index < -0.39 is 0 Å². The fourth-order valence-corrected chi connectivity index (χ4v) is 3.08. The molecule has 2 aromatic rings. The Bertz CT molecular complexity index is 840. The van der Waals surface area contributed by atoms with Gasteiger partial charge in [-0.15, -0.1) is 0 Å². The maximum absolute atomic E-state index is 5.71. The van der Waals surface area contributed by atoms with Crippen molar-refractivity contribution in [3.8, 4) is 23.0 Å². The second kappa shape index (κ2) is 13.3. The van der Waals surface area contributed by atoms with Crippen LogP contribution in [0.25, 0.3) is 0 Å². The van der Waals surface area contributed by atoms with Crippen LogP contribution in [0, 0.1) is 0 Å². The second-order valence-electron chi connectivity index (χ2n) is 6.67. The average molecular weight is 430 g/mol. The molecular weight excluding hydrogens is 394 g/mol. The van der Waals surface area contributed by atoms with Gasteiger partial charge < -0.3 is 29.6 Å². The number of ether oxygens (including phenoxy) is 4. The summed E-state index contributed by atoms with van der Waals surface area (Å²) in [5, 5.41) is 6.69. The maximum Gasteiger partial charge on any atom is 0.191 e. The number of hydrogen-bond acceptors (Lipinski definition) is 5. The molecule has 0 amide bonds. The SMILES string of the molecule is CCOc1cc(CNC(=NC)NCCc2ccc(OCC)c(OCC)c2)ccc1OC. The Balaban J connectivity index is 1.89. The highest BCUT2D eigenvalue weighted by atomic mass is 16.5. The minimum absolute atomic E-state index is 0.590. The summed E-state index contributed by atoms with van der Waals surface area (Å²) < 4.78 is 22.3. The van der Waals surface area contributed by atoms with Crippen LogP contribution in [0.4, 0.5) is 0 Å². The van der Waals surface area contributed by atoms with E-state index in [1.165, 1.54) is 5.56 Å². The van der Waals surface area contributed by atoms with Crippen molar-refractivity contribution in [2.75, 3.05) is 40.5 Å². The van der Waals surface area contributed by atoms with Gasteiger partial charge in [-0.05, 0) is 62.6 Å². The van der Waals surface area contributed by atoms with Crippen molar-refractivity contribution >= 4 is 5.96 Å². The van der Waals surface area contributed by atoms with Gasteiger partial charge in [0, 0.05) is 20.1 Å². The number of nitrogens with zero attached hydrogens (tertiary/aromatic N) is 1. The van der Waals surface area contributed by atoms with Crippen LogP contribution in [0.2, 0.25) is 0 Å². The Morgan fingerprint density at radius 1 is 0.774 bits per heavy atom. The molecule has 7 heteroatoms. The first-order chi connectivity index (χ1) is 15.1. The molecule has 0 atom stereocenters. The van der Waals surface area contributed by atoms with E-state index in [4.69, 9.17) is 18.9 Å². The lowest BCUT2D eigenvalue weighted by atomic mass is 10.1. The van der Waals surface area contributed by atoms with Gasteiger partial charge in [-0.3, -0.25) is 4.99 Å². The number of nitrogens with one attached hydrogen (secondary N) is 2. The Hall–Kier alpha value is -3.09. The van der Waals surface area contributed by atoms with E-state index >= 15 is 0 Å². The molecule has 0 saturated heterocycles. The van der Waals surface area contributed by atoms with Crippen molar-refractivity contribution in [1.82, 2.24) is 10.6 Å². The van der Waals surface area contributed by atoms with Crippen LogP contribution in [-0.4, -0.2) is 46.5 Å². The van der Waals surface area contributed by atoms with E-state index in [1.54, 1.807) is 14.2 Å². The van der Waals surface area contributed by atoms with Gasteiger partial charge in [-0.1, -0.05) is 12.1 Å². The minimum Gasteiger partial charge on any atom is -0.493 e. The van der Waals surface area contributed by atoms with Crippen molar-refractivity contribution in [3.63, 3.8) is 0 Å². The zero-order valence-corrected chi connectivity index (χ0v) is 19.3. The topological polar surface area (TPSA) is 73.3 Å². The lowest BCUT2D eigenvalue weighted by molar-refractivity contribution is 0.287. The number of benzene rings is 2. The highest BCUT2D eigenvalue weighted by Gasteiger charge is 2.08. The predicted octanol–water partition coefficient (Wildman–Crippen LogP) is 3.80. The minimum atomic E-state index is 0.590. The van der Waals surface area contributed by atoms with Crippen molar-refractivity contribution in [2.24, 2.45) is 4.99 Å². The molecule has 0 saturated carbocycles. The van der Waals surface area contributed by atoms with Crippen LogP contribution in [0.5, 0.6) is 23.0 Å². The number of methoxy groups -OCH3 is 1. The van der Waals surface area contributed by atoms with Gasteiger partial charge >= 0.3 is 0 Å². The van der Waals surface area contributed by atoms with Crippen molar-refractivity contribution in [3.05, 3.63) is 47.5 Å². The molecule has 0 aliphatic rings. The molecular formula is C24H35N3O4. The number of hydrogen-bond donors (Lipinski definition) is 2. The molecule has 0 bridgehead atoms. The van der Waals surface area contributed by atoms with Gasteiger partial charge in [0.25, 0.3) is 0 Å². The Labute approximate surface area is 185 Å². The standard InChI is InChI=1S/C24H35N3O4/c1-6-29-21-12-9-18(15-23(21)31-8-3)13-14-26-24(25-4)27-17-19-10-11-20(28-5)22(16-19)30-7-2/h9-12,15-16H,6-8,13-14,17H2,1-5H3,(H2,25,26,27). The molecule has 31 heavy (non-hydrogen) atoms. The molecule has 0 unspecified atom stereocenters. The molecule has 0 aromatic heterocycles. The van der Waals surface area contributed by atoms with Crippen LogP contribution < -0.4 is 29.6 Å². The summed E-state index contributed by atoms with van der Waals surface area (Å²) in [6.07, 6.45) is 0.838. The first kappa shape index (κ1) is 24.2. The van der Waals surface area contributed by atoms with E-state index in [0.29, 0.717) is 26.4 Å². The summed E-state index contributed by atoms with van der Waals surface area (Å²) in [5.74, 6) is 3.78. The lowest BCUT2D eigenvalue weighted by Gasteiger charge is -2.15. The molecule has 0 aliphatic heterocycles. The van der Waals surface area contributed by atoms with E-state index in [1.807, 2.05) is 51.1 Å². The zero-order chi connectivity index (χ0) is 22.5. The first-order valence-corrected chi connectivity index (χ1v) is 10.8. The molecule has 170 valence electrons. The molecule has 0 radical (unpaired) electrons. The van der Waals surface area contributed by atoms with E-state index in [0.717, 1.165) is 47.5 Å². The Morgan fingerprint density at radius 2 is 1.35 bits per heavy atom. The molecule has 2 aromatic carbocycles.